The zero-order chi connectivity index (χ0) is 14.8. The molecule has 0 aliphatic rings. The second-order valence-electron chi connectivity index (χ2n) is 3.38. The Morgan fingerprint density at radius 3 is 2.37 bits per heavy atom. The van der Waals surface area contributed by atoms with Gasteiger partial charge in [-0.15, -0.1) is 0 Å². The summed E-state index contributed by atoms with van der Waals surface area (Å²) in [5.41, 5.74) is 8.38. The highest BCUT2D eigenvalue weighted by Crippen LogP contribution is 2.37. The lowest BCUT2D eigenvalue weighted by Gasteiger charge is -2.12. The van der Waals surface area contributed by atoms with Crippen LogP contribution in [0.5, 0.6) is 5.75 Å². The van der Waals surface area contributed by atoms with Crippen molar-refractivity contribution in [1.29, 1.82) is 0 Å². The van der Waals surface area contributed by atoms with E-state index < -0.39 is 29.2 Å². The predicted octanol–water partition coefficient (Wildman–Crippen LogP) is 1.78. The molecule has 0 spiro atoms. The van der Waals surface area contributed by atoms with Crippen LogP contribution in [-0.2, 0) is 6.18 Å². The highest BCUT2D eigenvalue weighted by Gasteiger charge is 2.33. The van der Waals surface area contributed by atoms with Crippen molar-refractivity contribution < 1.29 is 22.7 Å². The third kappa shape index (κ3) is 3.50. The van der Waals surface area contributed by atoms with Gasteiger partial charge in [0.2, 0.25) is 0 Å². The van der Waals surface area contributed by atoms with Gasteiger partial charge in [0, 0.05) is 0 Å². The third-order valence-corrected chi connectivity index (χ3v) is 2.44. The topological polar surface area (TPSA) is 90.7 Å². The van der Waals surface area contributed by atoms with E-state index in [1.54, 1.807) is 0 Å². The van der Waals surface area contributed by atoms with Crippen molar-refractivity contribution in [3.05, 3.63) is 28.3 Å². The van der Waals surface area contributed by atoms with E-state index in [9.17, 15) is 18.0 Å². The van der Waals surface area contributed by atoms with Gasteiger partial charge >= 0.3 is 6.18 Å². The van der Waals surface area contributed by atoms with Gasteiger partial charge in [-0.1, -0.05) is 11.6 Å². The number of nitrogens with zero attached hydrogens (tertiary/aromatic N) is 1. The number of aliphatic imine (C=N–C) groups is 1. The average molecular weight is 296 g/mol. The Kier molecular flexibility index (Phi) is 4.25. The number of hydrogen-bond donors (Lipinski definition) is 2. The van der Waals surface area contributed by atoms with Crippen LogP contribution in [0.15, 0.2) is 17.1 Å². The molecular formula is C10H9ClF3N3O2. The van der Waals surface area contributed by atoms with Crippen molar-refractivity contribution >= 4 is 23.5 Å². The fourth-order valence-electron chi connectivity index (χ4n) is 1.24. The number of carbonyl (C=O) groups excluding carboxylic acids is 1. The molecule has 0 fully saturated rings. The van der Waals surface area contributed by atoms with Crippen LogP contribution in [0.25, 0.3) is 0 Å². The molecule has 0 saturated heterocycles. The number of alkyl halides is 3. The lowest BCUT2D eigenvalue weighted by Crippen LogP contribution is -2.24. The van der Waals surface area contributed by atoms with Crippen LogP contribution in [0.3, 0.4) is 0 Å². The molecule has 0 aromatic heterocycles. The van der Waals surface area contributed by atoms with E-state index in [-0.39, 0.29) is 10.8 Å². The Balaban J connectivity index is 3.46. The van der Waals surface area contributed by atoms with Gasteiger partial charge < -0.3 is 16.2 Å². The molecule has 9 heteroatoms. The summed E-state index contributed by atoms with van der Waals surface area (Å²) in [6.45, 7) is 0. The van der Waals surface area contributed by atoms with Gasteiger partial charge in [0.05, 0.1) is 23.3 Å². The second kappa shape index (κ2) is 5.35. The molecule has 0 radical (unpaired) electrons. The van der Waals surface area contributed by atoms with Gasteiger partial charge in [-0.3, -0.25) is 4.79 Å². The maximum absolute atomic E-state index is 12.6. The monoisotopic (exact) mass is 295 g/mol. The Bertz CT molecular complexity index is 540. The Labute approximate surface area is 111 Å². The van der Waals surface area contributed by atoms with Crippen molar-refractivity contribution in [1.82, 2.24) is 0 Å². The molecule has 1 amide bonds. The quantitative estimate of drug-likeness (QED) is 0.643. The summed E-state index contributed by atoms with van der Waals surface area (Å²) < 4.78 is 42.6. The van der Waals surface area contributed by atoms with Gasteiger partial charge in [-0.2, -0.15) is 18.2 Å². The standard InChI is InChI=1S/C10H9ClF3N3O2/c1-19-6-3-4(10(12,13)14)2-5(7(6)11)8(18)17-9(15)16/h2-3H,1H3,(H4,15,16,17,18). The molecule has 1 rings (SSSR count). The van der Waals surface area contributed by atoms with E-state index in [2.05, 4.69) is 9.73 Å². The van der Waals surface area contributed by atoms with Gasteiger partial charge in [0.15, 0.2) is 5.96 Å². The maximum atomic E-state index is 12.6. The van der Waals surface area contributed by atoms with Crippen LogP contribution in [0.2, 0.25) is 5.02 Å². The highest BCUT2D eigenvalue weighted by atomic mass is 35.5. The van der Waals surface area contributed by atoms with Crippen molar-refractivity contribution in [2.45, 2.75) is 6.18 Å². The summed E-state index contributed by atoms with van der Waals surface area (Å²) in [4.78, 5) is 14.7. The summed E-state index contributed by atoms with van der Waals surface area (Å²) >= 11 is 5.75. The minimum Gasteiger partial charge on any atom is -0.495 e. The number of rotatable bonds is 2. The number of carbonyl (C=O) groups is 1. The number of amides is 1. The van der Waals surface area contributed by atoms with Gasteiger partial charge in [-0.25, -0.2) is 0 Å². The van der Waals surface area contributed by atoms with Gasteiger partial charge in [-0.05, 0) is 12.1 Å². The fourth-order valence-corrected chi connectivity index (χ4v) is 1.51. The summed E-state index contributed by atoms with van der Waals surface area (Å²) in [7, 11) is 1.12. The smallest absolute Gasteiger partial charge is 0.416 e. The SMILES string of the molecule is COc1cc(C(F)(F)F)cc(C(=O)N=C(N)N)c1Cl. The first-order valence-electron chi connectivity index (χ1n) is 4.75. The average Bonchev–Trinajstić information content (AvgIpc) is 2.26. The van der Waals surface area contributed by atoms with Crippen LogP contribution in [-0.4, -0.2) is 19.0 Å². The summed E-state index contributed by atoms with van der Waals surface area (Å²) in [5, 5.41) is -0.300. The van der Waals surface area contributed by atoms with Crippen LogP contribution in [0.4, 0.5) is 13.2 Å². The molecular weight excluding hydrogens is 287 g/mol. The summed E-state index contributed by atoms with van der Waals surface area (Å²) in [5.74, 6) is -1.97. The summed E-state index contributed by atoms with van der Waals surface area (Å²) in [6, 6.07) is 1.23. The normalized spacial score (nSPS) is 11.0. The van der Waals surface area contributed by atoms with E-state index in [0.717, 1.165) is 7.11 Å². The van der Waals surface area contributed by atoms with E-state index in [0.29, 0.717) is 12.1 Å². The highest BCUT2D eigenvalue weighted by molar-refractivity contribution is 6.35. The number of benzene rings is 1. The molecule has 1 aromatic rings. The van der Waals surface area contributed by atoms with Crippen molar-refractivity contribution in [3.8, 4) is 5.75 Å². The number of methoxy groups -OCH3 is 1. The van der Waals surface area contributed by atoms with Crippen molar-refractivity contribution in [2.75, 3.05) is 7.11 Å². The summed E-state index contributed by atoms with van der Waals surface area (Å²) in [6.07, 6.45) is -4.66. The van der Waals surface area contributed by atoms with Crippen molar-refractivity contribution in [2.24, 2.45) is 16.5 Å². The Morgan fingerprint density at radius 1 is 1.37 bits per heavy atom. The largest absolute Gasteiger partial charge is 0.495 e. The lowest BCUT2D eigenvalue weighted by atomic mass is 10.1. The lowest BCUT2D eigenvalue weighted by molar-refractivity contribution is -0.137. The van der Waals surface area contributed by atoms with Crippen LogP contribution < -0.4 is 16.2 Å². The molecule has 5 nitrogen and oxygen atoms in total. The van der Waals surface area contributed by atoms with E-state index in [1.165, 1.54) is 0 Å². The molecule has 0 atom stereocenters. The molecule has 1 aromatic carbocycles. The molecule has 104 valence electrons. The minimum atomic E-state index is -4.66. The number of halogens is 4. The fraction of sp³-hybridized carbons (Fsp3) is 0.200. The zero-order valence-corrected chi connectivity index (χ0v) is 10.3. The first kappa shape index (κ1) is 15.1. The molecule has 4 N–H and O–H groups in total. The van der Waals surface area contributed by atoms with Gasteiger partial charge in [0.25, 0.3) is 5.91 Å². The molecule has 0 unspecified atom stereocenters. The Hall–Kier alpha value is -1.96. The number of hydrogen-bond acceptors (Lipinski definition) is 2. The molecule has 0 bridgehead atoms. The van der Waals surface area contributed by atoms with Crippen LogP contribution in [0.1, 0.15) is 15.9 Å². The Morgan fingerprint density at radius 2 is 1.95 bits per heavy atom. The van der Waals surface area contributed by atoms with Crippen LogP contribution >= 0.6 is 11.6 Å². The molecule has 19 heavy (non-hydrogen) atoms. The minimum absolute atomic E-state index is 0.300. The number of guanidine groups is 1. The molecule has 0 heterocycles. The number of nitrogens with two attached hydrogens (primary N) is 2. The molecule has 0 saturated carbocycles. The van der Waals surface area contributed by atoms with Crippen molar-refractivity contribution in [3.63, 3.8) is 0 Å². The van der Waals surface area contributed by atoms with Gasteiger partial charge in [0.1, 0.15) is 5.75 Å². The molecule has 0 aliphatic carbocycles. The first-order chi connectivity index (χ1) is 8.66. The number of ether oxygens (including phenoxy) is 1. The van der Waals surface area contributed by atoms with E-state index >= 15 is 0 Å². The van der Waals surface area contributed by atoms with Crippen LogP contribution in [0, 0.1) is 0 Å². The zero-order valence-electron chi connectivity index (χ0n) is 9.58. The predicted molar refractivity (Wildman–Crippen MR) is 63.1 cm³/mol. The first-order valence-corrected chi connectivity index (χ1v) is 5.13. The van der Waals surface area contributed by atoms with E-state index in [1.807, 2.05) is 0 Å². The second-order valence-corrected chi connectivity index (χ2v) is 3.76. The van der Waals surface area contributed by atoms with E-state index in [4.69, 9.17) is 23.1 Å². The third-order valence-electron chi connectivity index (χ3n) is 2.05. The molecule has 0 aliphatic heterocycles. The maximum Gasteiger partial charge on any atom is 0.416 e.